The summed E-state index contributed by atoms with van der Waals surface area (Å²) in [7, 11) is 0. The molecule has 0 bridgehead atoms. The number of aromatic hydroxyl groups is 1. The number of phenols is 1. The molecule has 2 rings (SSSR count). The highest BCUT2D eigenvalue weighted by molar-refractivity contribution is 5.92. The first-order valence-electron chi connectivity index (χ1n) is 12.9. The number of amides is 3. The summed E-state index contributed by atoms with van der Waals surface area (Å²) >= 11 is 0. The van der Waals surface area contributed by atoms with Crippen molar-refractivity contribution in [3.8, 4) is 5.75 Å². The minimum Gasteiger partial charge on any atom is -0.508 e. The lowest BCUT2D eigenvalue weighted by molar-refractivity contribution is -0.142. The van der Waals surface area contributed by atoms with E-state index in [0.717, 1.165) is 18.4 Å². The molecule has 3 unspecified atom stereocenters. The van der Waals surface area contributed by atoms with E-state index < -0.39 is 35.6 Å². The van der Waals surface area contributed by atoms with E-state index in [-0.39, 0.29) is 24.8 Å². The summed E-state index contributed by atoms with van der Waals surface area (Å²) in [6, 6.07) is 13.6. The van der Waals surface area contributed by atoms with Crippen molar-refractivity contribution in [1.29, 1.82) is 0 Å². The van der Waals surface area contributed by atoms with E-state index >= 15 is 0 Å². The van der Waals surface area contributed by atoms with Crippen LogP contribution in [0.4, 0.5) is 4.79 Å². The summed E-state index contributed by atoms with van der Waals surface area (Å²) in [4.78, 5) is 41.7. The maximum atomic E-state index is 14.0. The Morgan fingerprint density at radius 2 is 1.59 bits per heavy atom. The van der Waals surface area contributed by atoms with E-state index in [1.807, 2.05) is 44.2 Å². The van der Waals surface area contributed by atoms with Crippen LogP contribution in [0.1, 0.15) is 71.6 Å². The van der Waals surface area contributed by atoms with Crippen molar-refractivity contribution in [3.63, 3.8) is 0 Å². The Morgan fingerprint density at radius 3 is 2.16 bits per heavy atom. The van der Waals surface area contributed by atoms with Gasteiger partial charge >= 0.3 is 6.09 Å². The van der Waals surface area contributed by atoms with Gasteiger partial charge in [-0.15, -0.1) is 0 Å². The third-order valence-electron chi connectivity index (χ3n) is 5.80. The Bertz CT molecular complexity index is 1040. The van der Waals surface area contributed by atoms with Crippen LogP contribution in [0.5, 0.6) is 5.75 Å². The number of phenolic OH excluding ortho intramolecular Hbond substituents is 1. The van der Waals surface area contributed by atoms with Gasteiger partial charge in [-0.05, 0) is 52.7 Å². The minimum atomic E-state index is -1.09. The highest BCUT2D eigenvalue weighted by atomic mass is 16.6. The van der Waals surface area contributed by atoms with Gasteiger partial charge < -0.3 is 25.4 Å². The van der Waals surface area contributed by atoms with Crippen molar-refractivity contribution in [1.82, 2.24) is 15.5 Å². The molecule has 0 fully saturated rings. The number of likely N-dealkylation sites (N-methyl/N-ethyl adjacent to an activating group) is 1. The van der Waals surface area contributed by atoms with Gasteiger partial charge in [0.1, 0.15) is 23.4 Å². The second-order valence-corrected chi connectivity index (χ2v) is 10.2. The Morgan fingerprint density at radius 1 is 0.973 bits per heavy atom. The molecule has 0 radical (unpaired) electrons. The van der Waals surface area contributed by atoms with Crippen LogP contribution in [0, 0.1) is 0 Å². The Hall–Kier alpha value is -3.55. The maximum Gasteiger partial charge on any atom is 0.408 e. The molecular formula is C29H41N3O5. The van der Waals surface area contributed by atoms with Crippen LogP contribution < -0.4 is 10.6 Å². The first-order chi connectivity index (χ1) is 17.5. The molecule has 202 valence electrons. The van der Waals surface area contributed by atoms with Crippen LogP contribution in [-0.2, 0) is 20.7 Å². The molecule has 3 amide bonds. The number of ether oxygens (including phenoxy) is 1. The summed E-state index contributed by atoms with van der Waals surface area (Å²) in [6.45, 7) is 11.1. The fraction of sp³-hybridized carbons (Fsp3) is 0.483. The number of carbonyl (C=O) groups excluding carboxylic acids is 3. The van der Waals surface area contributed by atoms with E-state index in [1.54, 1.807) is 45.9 Å². The van der Waals surface area contributed by atoms with Gasteiger partial charge in [-0.1, -0.05) is 61.9 Å². The molecule has 3 atom stereocenters. The topological polar surface area (TPSA) is 108 Å². The summed E-state index contributed by atoms with van der Waals surface area (Å²) in [6.07, 6.45) is 1.14. The van der Waals surface area contributed by atoms with Gasteiger partial charge in [0.25, 0.3) is 0 Å². The monoisotopic (exact) mass is 511 g/mol. The van der Waals surface area contributed by atoms with Crippen molar-refractivity contribution in [2.75, 3.05) is 6.54 Å². The molecule has 2 aromatic carbocycles. The zero-order valence-corrected chi connectivity index (χ0v) is 22.8. The molecule has 0 aromatic heterocycles. The number of nitrogens with one attached hydrogen (secondary N) is 2. The Kier molecular flexibility index (Phi) is 11.0. The molecule has 0 spiro atoms. The maximum absolute atomic E-state index is 14.0. The fourth-order valence-corrected chi connectivity index (χ4v) is 4.16. The fourth-order valence-electron chi connectivity index (χ4n) is 4.16. The van der Waals surface area contributed by atoms with Crippen molar-refractivity contribution >= 4 is 17.9 Å². The van der Waals surface area contributed by atoms with Gasteiger partial charge in [-0.2, -0.15) is 0 Å². The number of hydrogen-bond acceptors (Lipinski definition) is 5. The smallest absolute Gasteiger partial charge is 0.408 e. The van der Waals surface area contributed by atoms with Crippen molar-refractivity contribution in [2.24, 2.45) is 0 Å². The first-order valence-corrected chi connectivity index (χ1v) is 12.9. The van der Waals surface area contributed by atoms with Gasteiger partial charge in [0.05, 0.1) is 0 Å². The quantitative estimate of drug-likeness (QED) is 0.405. The van der Waals surface area contributed by atoms with Gasteiger partial charge in [0.15, 0.2) is 0 Å². The molecule has 37 heavy (non-hydrogen) atoms. The van der Waals surface area contributed by atoms with Crippen LogP contribution in [0.3, 0.4) is 0 Å². The number of benzene rings is 2. The number of rotatable bonds is 11. The third-order valence-corrected chi connectivity index (χ3v) is 5.80. The summed E-state index contributed by atoms with van der Waals surface area (Å²) in [5.41, 5.74) is 0.408. The van der Waals surface area contributed by atoms with Crippen molar-refractivity contribution < 1.29 is 24.2 Å². The van der Waals surface area contributed by atoms with Gasteiger partial charge in [0, 0.05) is 24.6 Å². The van der Waals surface area contributed by atoms with Crippen LogP contribution in [0.25, 0.3) is 0 Å². The Labute approximate surface area is 220 Å². The number of alkyl carbamates (subject to hydrolysis) is 1. The number of para-hydroxylation sites is 1. The van der Waals surface area contributed by atoms with Gasteiger partial charge in [0.2, 0.25) is 11.8 Å². The normalized spacial score (nSPS) is 13.7. The summed E-state index contributed by atoms with van der Waals surface area (Å²) in [5.74, 6) is -0.936. The van der Waals surface area contributed by atoms with E-state index in [0.29, 0.717) is 5.56 Å². The van der Waals surface area contributed by atoms with E-state index in [1.165, 1.54) is 11.0 Å². The van der Waals surface area contributed by atoms with Crippen LogP contribution in [-0.4, -0.2) is 52.1 Å². The lowest BCUT2D eigenvalue weighted by Crippen LogP contribution is -2.54. The molecule has 0 heterocycles. The van der Waals surface area contributed by atoms with E-state index in [4.69, 9.17) is 4.74 Å². The lowest BCUT2D eigenvalue weighted by atomic mass is 9.99. The second kappa shape index (κ2) is 13.7. The number of hydrogen-bond donors (Lipinski definition) is 3. The SMILES string of the molecule is CCCC(C)NC(=O)C(c1ccccc1O)N(CC)C(=O)C(Cc1ccccc1)NC(=O)OC(C)(C)C. The highest BCUT2D eigenvalue weighted by Gasteiger charge is 2.37. The summed E-state index contributed by atoms with van der Waals surface area (Å²) < 4.78 is 5.42. The van der Waals surface area contributed by atoms with Crippen LogP contribution >= 0.6 is 0 Å². The van der Waals surface area contributed by atoms with Gasteiger partial charge in [-0.3, -0.25) is 9.59 Å². The van der Waals surface area contributed by atoms with E-state index in [9.17, 15) is 19.5 Å². The highest BCUT2D eigenvalue weighted by Crippen LogP contribution is 2.30. The first kappa shape index (κ1) is 29.7. The molecule has 8 nitrogen and oxygen atoms in total. The van der Waals surface area contributed by atoms with Crippen LogP contribution in [0.2, 0.25) is 0 Å². The largest absolute Gasteiger partial charge is 0.508 e. The predicted molar refractivity (Wildman–Crippen MR) is 144 cm³/mol. The van der Waals surface area contributed by atoms with Crippen molar-refractivity contribution in [3.05, 3.63) is 65.7 Å². The summed E-state index contributed by atoms with van der Waals surface area (Å²) in [5, 5.41) is 16.3. The zero-order valence-electron chi connectivity index (χ0n) is 22.8. The van der Waals surface area contributed by atoms with Gasteiger partial charge in [-0.25, -0.2) is 4.79 Å². The standard InChI is InChI=1S/C29H41N3O5/c1-7-14-20(3)30-26(34)25(22-17-12-13-18-24(22)33)32(8-2)27(35)23(19-21-15-10-9-11-16-21)31-28(36)37-29(4,5)6/h9-13,15-18,20,23,25,33H,7-8,14,19H2,1-6H3,(H,30,34)(H,31,36). The molecule has 0 aliphatic heterocycles. The Balaban J connectivity index is 2.47. The minimum absolute atomic E-state index is 0.0863. The molecule has 2 aromatic rings. The molecule has 8 heteroatoms. The molecule has 0 aliphatic carbocycles. The molecule has 0 saturated heterocycles. The second-order valence-electron chi connectivity index (χ2n) is 10.2. The predicted octanol–water partition coefficient (Wildman–Crippen LogP) is 4.72. The number of carbonyl (C=O) groups is 3. The zero-order chi connectivity index (χ0) is 27.6. The molecule has 3 N–H and O–H groups in total. The average molecular weight is 512 g/mol. The van der Waals surface area contributed by atoms with Crippen LogP contribution in [0.15, 0.2) is 54.6 Å². The average Bonchev–Trinajstić information content (AvgIpc) is 2.82. The lowest BCUT2D eigenvalue weighted by Gasteiger charge is -2.34. The molecular weight excluding hydrogens is 470 g/mol. The van der Waals surface area contributed by atoms with E-state index in [2.05, 4.69) is 10.6 Å². The third kappa shape index (κ3) is 9.12. The molecule has 0 saturated carbocycles. The molecule has 0 aliphatic rings. The van der Waals surface area contributed by atoms with Crippen molar-refractivity contribution in [2.45, 2.75) is 84.5 Å². The number of nitrogens with zero attached hydrogens (tertiary/aromatic N) is 1.